The van der Waals surface area contributed by atoms with E-state index in [1.54, 1.807) is 0 Å². The van der Waals surface area contributed by atoms with Gasteiger partial charge in [0.2, 0.25) is 0 Å². The third kappa shape index (κ3) is 5.56. The second-order valence-electron chi connectivity index (χ2n) is 9.02. The summed E-state index contributed by atoms with van der Waals surface area (Å²) in [5.41, 5.74) is 4.30. The third-order valence-corrected chi connectivity index (χ3v) is 6.56. The fraction of sp³-hybridized carbons (Fsp3) is 0. The predicted octanol–water partition coefficient (Wildman–Crippen LogP) is 9.17. The molecule has 0 unspecified atom stereocenters. The first-order chi connectivity index (χ1) is 19.2. The molecule has 0 aliphatic carbocycles. The second-order valence-corrected chi connectivity index (χ2v) is 11.6. The van der Waals surface area contributed by atoms with Gasteiger partial charge in [-0.05, 0) is 23.5 Å². The largest absolute Gasteiger partial charge is 0.259 e. The van der Waals surface area contributed by atoms with E-state index in [1.807, 2.05) is 45.8 Å². The van der Waals surface area contributed by atoms with Crippen molar-refractivity contribution in [3.63, 3.8) is 0 Å². The zero-order valence-corrected chi connectivity index (χ0v) is 23.8. The van der Waals surface area contributed by atoms with Crippen LogP contribution >= 0.6 is 18.6 Å². The summed E-state index contributed by atoms with van der Waals surface area (Å²) in [6.45, 7) is 0. The molecule has 2 aromatic heterocycles. The minimum Gasteiger partial charge on any atom is -0.259 e. The molecular formula is C32H22Cl2N4Ti-2. The summed E-state index contributed by atoms with van der Waals surface area (Å²) in [7, 11) is 9.78. The van der Waals surface area contributed by atoms with Gasteiger partial charge in [0.05, 0.1) is 11.0 Å². The molecule has 0 atom stereocenters. The van der Waals surface area contributed by atoms with Gasteiger partial charge in [-0.1, -0.05) is 48.5 Å². The van der Waals surface area contributed by atoms with Crippen molar-refractivity contribution in [2.45, 2.75) is 0 Å². The molecule has 0 spiro atoms. The molecule has 0 saturated heterocycles. The Kier molecular flexibility index (Phi) is 7.62. The fourth-order valence-electron chi connectivity index (χ4n) is 4.73. The minimum atomic E-state index is -0.556. The molecule has 0 amide bonds. The van der Waals surface area contributed by atoms with Gasteiger partial charge in [0.25, 0.3) is 0 Å². The first-order valence-corrected chi connectivity index (χ1v) is 16.7. The molecule has 4 nitrogen and oxygen atoms in total. The zero-order valence-electron chi connectivity index (χ0n) is 20.7. The molecule has 2 heterocycles. The van der Waals surface area contributed by atoms with Crippen LogP contribution in [0.1, 0.15) is 0 Å². The quantitative estimate of drug-likeness (QED) is 0.151. The molecule has 39 heavy (non-hydrogen) atoms. The van der Waals surface area contributed by atoms with Gasteiger partial charge in [0, 0.05) is 23.2 Å². The van der Waals surface area contributed by atoms with E-state index in [1.165, 1.54) is 32.3 Å². The van der Waals surface area contributed by atoms with Crippen LogP contribution in [0.5, 0.6) is 0 Å². The molecule has 8 rings (SSSR count). The van der Waals surface area contributed by atoms with Gasteiger partial charge in [0.15, 0.2) is 0 Å². The zero-order chi connectivity index (χ0) is 26.6. The molecule has 6 aromatic carbocycles. The average molecular weight is 581 g/mol. The van der Waals surface area contributed by atoms with Crippen molar-refractivity contribution < 1.29 is 17.0 Å². The van der Waals surface area contributed by atoms with Crippen LogP contribution in [0.3, 0.4) is 0 Å². The predicted molar refractivity (Wildman–Crippen MR) is 160 cm³/mol. The van der Waals surface area contributed by atoms with Crippen molar-refractivity contribution >= 4 is 62.0 Å². The van der Waals surface area contributed by atoms with E-state index in [0.717, 1.165) is 22.4 Å². The van der Waals surface area contributed by atoms with Crippen LogP contribution in [-0.4, -0.2) is 19.6 Å². The van der Waals surface area contributed by atoms with Crippen molar-refractivity contribution in [2.75, 3.05) is 0 Å². The molecule has 8 aromatic rings. The average Bonchev–Trinajstić information content (AvgIpc) is 3.76. The minimum absolute atomic E-state index is 0.556. The maximum atomic E-state index is 4.89. The topological polar surface area (TPSA) is 35.6 Å². The van der Waals surface area contributed by atoms with Crippen LogP contribution in [-0.2, 0) is 17.0 Å². The molecule has 0 fully saturated rings. The van der Waals surface area contributed by atoms with Crippen LogP contribution in [0.4, 0.5) is 0 Å². The summed E-state index contributed by atoms with van der Waals surface area (Å²) in [5.74, 6) is 0. The summed E-state index contributed by atoms with van der Waals surface area (Å²) in [4.78, 5) is 0. The van der Waals surface area contributed by atoms with Crippen molar-refractivity contribution in [1.82, 2.24) is 19.6 Å². The van der Waals surface area contributed by atoms with Crippen LogP contribution in [0.15, 0.2) is 134 Å². The number of fused-ring (bicyclic) bond motifs is 4. The fourth-order valence-corrected chi connectivity index (χ4v) is 4.73. The van der Waals surface area contributed by atoms with Gasteiger partial charge in [-0.3, -0.25) is 9.36 Å². The Morgan fingerprint density at radius 2 is 0.872 bits per heavy atom. The summed E-state index contributed by atoms with van der Waals surface area (Å²) in [6.07, 6.45) is 4.15. The first-order valence-electron chi connectivity index (χ1n) is 12.4. The normalized spacial score (nSPS) is 10.8. The number of aromatic nitrogens is 4. The number of halogens is 2. The van der Waals surface area contributed by atoms with E-state index in [0.29, 0.717) is 0 Å². The molecular weight excluding hydrogens is 559 g/mol. The Balaban J connectivity index is 0.000000129. The van der Waals surface area contributed by atoms with Gasteiger partial charge in [-0.15, -0.1) is 82.2 Å². The smallest absolute Gasteiger partial charge is 0.0927 e. The van der Waals surface area contributed by atoms with E-state index in [4.69, 9.17) is 18.6 Å². The molecule has 0 aliphatic rings. The van der Waals surface area contributed by atoms with Gasteiger partial charge >= 0.3 is 35.6 Å². The molecule has 0 radical (unpaired) electrons. The van der Waals surface area contributed by atoms with E-state index in [2.05, 4.69) is 108 Å². The summed E-state index contributed by atoms with van der Waals surface area (Å²) < 4.78 is 3.90. The maximum absolute atomic E-state index is 4.89. The van der Waals surface area contributed by atoms with Crippen molar-refractivity contribution in [1.29, 1.82) is 0 Å². The summed E-state index contributed by atoms with van der Waals surface area (Å²) in [5, 5.41) is 16.6. The Hall–Kier alpha value is -3.67. The van der Waals surface area contributed by atoms with Gasteiger partial charge in [-0.25, -0.2) is 0 Å². The number of hydrogen-bond donors (Lipinski definition) is 0. The van der Waals surface area contributed by atoms with E-state index >= 15 is 0 Å². The van der Waals surface area contributed by atoms with E-state index < -0.39 is 17.0 Å². The van der Waals surface area contributed by atoms with E-state index in [9.17, 15) is 0 Å². The van der Waals surface area contributed by atoms with Crippen molar-refractivity contribution in [3.8, 4) is 11.4 Å². The van der Waals surface area contributed by atoms with E-state index in [-0.39, 0.29) is 0 Å². The summed E-state index contributed by atoms with van der Waals surface area (Å²) in [6, 6.07) is 41.8. The van der Waals surface area contributed by atoms with Crippen LogP contribution in [0.25, 0.3) is 54.7 Å². The first kappa shape index (κ1) is 25.6. The number of benzene rings is 4. The Morgan fingerprint density at radius 3 is 1.26 bits per heavy atom. The Bertz CT molecular complexity index is 1580. The molecule has 7 heteroatoms. The Morgan fingerprint density at radius 1 is 0.513 bits per heavy atom. The Labute approximate surface area is 242 Å². The standard InChI is InChI=1S/2C16H11N2.2ClH.Ti/c2*1-2-6-13-10-15(9-12(13)5-1)18-11-14-7-3-4-8-16(14)17-18;;;/h2*1-11H;2*1H;/q2*-1;;;+2/p-2. The molecule has 190 valence electrons. The molecule has 0 bridgehead atoms. The monoisotopic (exact) mass is 580 g/mol. The number of nitrogens with zero attached hydrogens (tertiary/aromatic N) is 4. The van der Waals surface area contributed by atoms with Gasteiger partial charge < -0.3 is 0 Å². The van der Waals surface area contributed by atoms with Gasteiger partial charge in [-0.2, -0.15) is 10.2 Å². The number of hydrogen-bond acceptors (Lipinski definition) is 2. The maximum Gasteiger partial charge on any atom is 0.0927 e. The van der Waals surface area contributed by atoms with Gasteiger partial charge in [0.1, 0.15) is 0 Å². The van der Waals surface area contributed by atoms with Crippen molar-refractivity contribution in [3.05, 3.63) is 134 Å². The molecule has 0 N–H and O–H groups in total. The van der Waals surface area contributed by atoms with Crippen LogP contribution in [0.2, 0.25) is 0 Å². The second kappa shape index (κ2) is 11.6. The summed E-state index contributed by atoms with van der Waals surface area (Å²) >= 11 is -0.556. The molecule has 0 saturated carbocycles. The SMILES string of the molecule is [Cl][Ti][Cl].c1ccc2[cH-]c(-n3cc4ccccc4n3)cc2c1.c1ccc2[cH-]c(-n3cc4ccccc4n3)cc2c1. The number of rotatable bonds is 2. The van der Waals surface area contributed by atoms with Crippen molar-refractivity contribution in [2.24, 2.45) is 0 Å². The van der Waals surface area contributed by atoms with Crippen LogP contribution < -0.4 is 0 Å². The molecule has 0 aliphatic heterocycles. The third-order valence-electron chi connectivity index (χ3n) is 6.56. The van der Waals surface area contributed by atoms with Crippen LogP contribution in [0, 0.1) is 0 Å².